The third-order valence-electron chi connectivity index (χ3n) is 2.23. The molecule has 0 atom stereocenters. The van der Waals surface area contributed by atoms with E-state index < -0.39 is 16.1 Å². The first kappa shape index (κ1) is 11.2. The van der Waals surface area contributed by atoms with Crippen LogP contribution in [0.4, 0.5) is 0 Å². The molecule has 0 aromatic carbocycles. The second-order valence-corrected chi connectivity index (χ2v) is 16.7. The average molecular weight is 361 g/mol. The second-order valence-electron chi connectivity index (χ2n) is 5.06. The van der Waals surface area contributed by atoms with Crippen molar-refractivity contribution in [1.29, 1.82) is 0 Å². The summed E-state index contributed by atoms with van der Waals surface area (Å²) in [5, 5.41) is 7.46. The van der Waals surface area contributed by atoms with Gasteiger partial charge in [-0.05, 0) is 0 Å². The van der Waals surface area contributed by atoms with Crippen LogP contribution >= 0.6 is 0 Å². The van der Waals surface area contributed by atoms with Gasteiger partial charge in [-0.25, -0.2) is 0 Å². The summed E-state index contributed by atoms with van der Waals surface area (Å²) in [4.78, 5) is 0. The fourth-order valence-corrected chi connectivity index (χ4v) is 6.09. The van der Waals surface area contributed by atoms with Gasteiger partial charge in [-0.2, -0.15) is 0 Å². The van der Waals surface area contributed by atoms with E-state index in [0.29, 0.717) is 5.41 Å². The molecule has 0 nitrogen and oxygen atoms in total. The van der Waals surface area contributed by atoms with Crippen LogP contribution in [0.15, 0.2) is 21.7 Å². The van der Waals surface area contributed by atoms with Gasteiger partial charge in [0, 0.05) is 0 Å². The van der Waals surface area contributed by atoms with Crippen LogP contribution < -0.4 is 0 Å². The van der Waals surface area contributed by atoms with Gasteiger partial charge in [0.05, 0.1) is 0 Å². The molecule has 0 bridgehead atoms. The third-order valence-corrected chi connectivity index (χ3v) is 7.42. The molecule has 0 amide bonds. The first-order chi connectivity index (χ1) is 5.73. The summed E-state index contributed by atoms with van der Waals surface area (Å²) in [6, 6.07) is 0. The van der Waals surface area contributed by atoms with Crippen LogP contribution in [0, 0.1) is 5.41 Å². The van der Waals surface area contributed by atoms with Gasteiger partial charge in [-0.3, -0.25) is 0 Å². The Bertz CT molecular complexity index is 256. The Balaban J connectivity index is 3.10. The topological polar surface area (TPSA) is 0 Å². The Labute approximate surface area is 86.3 Å². The minimum absolute atomic E-state index is 0.346. The molecule has 13 heavy (non-hydrogen) atoms. The summed E-state index contributed by atoms with van der Waals surface area (Å²) in [6.07, 6.45) is 5.92. The van der Waals surface area contributed by atoms with E-state index in [2.05, 4.69) is 48.9 Å². The normalized spacial score (nSPS) is 19.8. The van der Waals surface area contributed by atoms with Gasteiger partial charge in [0.15, 0.2) is 0 Å². The van der Waals surface area contributed by atoms with Crippen molar-refractivity contribution in [1.82, 2.24) is 0 Å². The molecule has 0 aromatic rings. The molecular formula is C12H22Pt. The number of hydrogen-bond donors (Lipinski definition) is 0. The minimum atomic E-state index is -1.50. The molecular weight excluding hydrogens is 339 g/mol. The monoisotopic (exact) mass is 361 g/mol. The van der Waals surface area contributed by atoms with E-state index in [1.165, 1.54) is 6.42 Å². The predicted octanol–water partition coefficient (Wildman–Crippen LogP) is 4.54. The van der Waals surface area contributed by atoms with Gasteiger partial charge in [-0.1, -0.05) is 0 Å². The van der Waals surface area contributed by atoms with Crippen LogP contribution in [-0.2, 0) is 16.1 Å². The molecule has 0 spiro atoms. The summed E-state index contributed by atoms with van der Waals surface area (Å²) >= 11 is -1.50. The molecule has 0 unspecified atom stereocenters. The van der Waals surface area contributed by atoms with Crippen molar-refractivity contribution >= 4 is 0 Å². The number of rotatable bonds is 1. The molecule has 0 N–H and O–H groups in total. The van der Waals surface area contributed by atoms with Crippen molar-refractivity contribution in [3.05, 3.63) is 21.7 Å². The van der Waals surface area contributed by atoms with E-state index in [9.17, 15) is 0 Å². The van der Waals surface area contributed by atoms with Gasteiger partial charge in [0.25, 0.3) is 0 Å². The molecule has 80 valence electrons. The Hall–Kier alpha value is 0.168. The van der Waals surface area contributed by atoms with Crippen LogP contribution in [0.3, 0.4) is 0 Å². The van der Waals surface area contributed by atoms with Crippen molar-refractivity contribution in [2.45, 2.75) is 43.1 Å². The summed E-state index contributed by atoms with van der Waals surface area (Å²) in [5.41, 5.74) is 1.97. The number of allylic oxidation sites excluding steroid dienone is 4. The van der Waals surface area contributed by atoms with E-state index in [0.717, 1.165) is 0 Å². The molecule has 0 saturated carbocycles. The fourth-order valence-electron chi connectivity index (χ4n) is 1.55. The molecule has 0 radical (unpaired) electrons. The summed E-state index contributed by atoms with van der Waals surface area (Å²) < 4.78 is 1.79. The first-order valence-corrected chi connectivity index (χ1v) is 12.4. The van der Waals surface area contributed by atoms with Crippen LogP contribution in [-0.4, -0.2) is 0 Å². The molecule has 1 aliphatic carbocycles. The zero-order valence-corrected chi connectivity index (χ0v) is 12.0. The molecule has 0 aromatic heterocycles. The maximum atomic E-state index is 2.49. The van der Waals surface area contributed by atoms with E-state index in [4.69, 9.17) is 0 Å². The Morgan fingerprint density at radius 3 is 2.00 bits per heavy atom. The molecule has 1 rings (SSSR count). The van der Waals surface area contributed by atoms with Crippen molar-refractivity contribution in [2.24, 2.45) is 5.41 Å². The van der Waals surface area contributed by atoms with E-state index in [-0.39, 0.29) is 0 Å². The standard InChI is InChI=1S/C9H13.3CH3.Pt/c1-9(2,3)8-6-4-5-7-8;;;;/h4,6H,5H2,1-3H3;3*1H3;. The molecule has 1 heteroatoms. The maximum absolute atomic E-state index is 2.49. The molecule has 0 heterocycles. The summed E-state index contributed by atoms with van der Waals surface area (Å²) in [7, 11) is 0. The van der Waals surface area contributed by atoms with Crippen LogP contribution in [0.1, 0.15) is 27.2 Å². The van der Waals surface area contributed by atoms with E-state index in [1.807, 2.05) is 0 Å². The van der Waals surface area contributed by atoms with Crippen molar-refractivity contribution in [3.8, 4) is 0 Å². The predicted molar refractivity (Wildman–Crippen MR) is 57.8 cm³/mol. The zero-order valence-electron chi connectivity index (χ0n) is 9.68. The van der Waals surface area contributed by atoms with Gasteiger partial charge in [-0.15, -0.1) is 0 Å². The van der Waals surface area contributed by atoms with E-state index in [1.54, 1.807) is 9.54 Å². The van der Waals surface area contributed by atoms with Crippen molar-refractivity contribution < 1.29 is 16.1 Å². The van der Waals surface area contributed by atoms with Gasteiger partial charge in [0.1, 0.15) is 0 Å². The third kappa shape index (κ3) is 2.56. The van der Waals surface area contributed by atoms with Crippen LogP contribution in [0.25, 0.3) is 0 Å². The van der Waals surface area contributed by atoms with E-state index >= 15 is 0 Å². The van der Waals surface area contributed by atoms with Crippen molar-refractivity contribution in [3.63, 3.8) is 0 Å². The Morgan fingerprint density at radius 2 is 1.69 bits per heavy atom. The molecule has 0 fully saturated rings. The average Bonchev–Trinajstić information content (AvgIpc) is 2.27. The second kappa shape index (κ2) is 3.39. The van der Waals surface area contributed by atoms with Gasteiger partial charge < -0.3 is 0 Å². The first-order valence-electron chi connectivity index (χ1n) is 4.49. The summed E-state index contributed by atoms with van der Waals surface area (Å²) in [6.45, 7) is 6.97. The molecule has 0 saturated heterocycles. The van der Waals surface area contributed by atoms with Crippen molar-refractivity contribution in [2.75, 3.05) is 0 Å². The molecule has 0 aliphatic heterocycles. The quantitative estimate of drug-likeness (QED) is 0.643. The van der Waals surface area contributed by atoms with Crippen LogP contribution in [0.2, 0.25) is 15.9 Å². The SMILES string of the molecule is CC(C)(C)C1=[C]([Pt]([CH3])([CH3])[CH3])CC=C1. The zero-order chi connectivity index (χ0) is 10.3. The summed E-state index contributed by atoms with van der Waals surface area (Å²) in [5.74, 6) is 0. The molecule has 1 aliphatic rings. The Morgan fingerprint density at radius 1 is 1.15 bits per heavy atom. The fraction of sp³-hybridized carbons (Fsp3) is 0.667. The van der Waals surface area contributed by atoms with Gasteiger partial charge >= 0.3 is 86.3 Å². The Kier molecular flexibility index (Phi) is 2.93. The van der Waals surface area contributed by atoms with Crippen LogP contribution in [0.5, 0.6) is 0 Å². The number of hydrogen-bond acceptors (Lipinski definition) is 0. The van der Waals surface area contributed by atoms with Gasteiger partial charge in [0.2, 0.25) is 0 Å².